The molecule has 1 aromatic carbocycles. The Morgan fingerprint density at radius 3 is 2.86 bits per heavy atom. The number of H-pyrrole nitrogens is 1. The minimum absolute atomic E-state index is 0.338. The number of rotatable bonds is 2. The van der Waals surface area contributed by atoms with E-state index in [1.165, 1.54) is 0 Å². The second-order valence-electron chi connectivity index (χ2n) is 8.06. The molecular formula is C22H25N5O2. The van der Waals surface area contributed by atoms with E-state index >= 15 is 0 Å². The van der Waals surface area contributed by atoms with Gasteiger partial charge in [0.15, 0.2) is 11.6 Å². The van der Waals surface area contributed by atoms with Crippen LogP contribution in [0.4, 0.5) is 11.5 Å². The van der Waals surface area contributed by atoms with Crippen LogP contribution in [0.2, 0.25) is 0 Å². The summed E-state index contributed by atoms with van der Waals surface area (Å²) in [6, 6.07) is 9.16. The average Bonchev–Trinajstić information content (AvgIpc) is 3.28. The summed E-state index contributed by atoms with van der Waals surface area (Å²) in [5.41, 5.74) is 3.33. The molecule has 0 radical (unpaired) electrons. The molecule has 1 atom stereocenters. The first-order chi connectivity index (χ1) is 14.4. The fraction of sp³-hybridized carbons (Fsp3) is 0.455. The molecule has 0 spiro atoms. The number of nitrogens with zero attached hydrogens (tertiary/aromatic N) is 4. The number of anilines is 2. The average molecular weight is 391 g/mol. The highest BCUT2D eigenvalue weighted by molar-refractivity contribution is 5.93. The lowest BCUT2D eigenvalue weighted by molar-refractivity contribution is 0.0762. The molecule has 0 bridgehead atoms. The van der Waals surface area contributed by atoms with Gasteiger partial charge in [0.2, 0.25) is 0 Å². The molecule has 7 heteroatoms. The van der Waals surface area contributed by atoms with Gasteiger partial charge in [-0.2, -0.15) is 0 Å². The summed E-state index contributed by atoms with van der Waals surface area (Å²) in [6.07, 6.45) is 6.11. The molecule has 0 saturated carbocycles. The predicted molar refractivity (Wildman–Crippen MR) is 112 cm³/mol. The van der Waals surface area contributed by atoms with E-state index in [0.29, 0.717) is 12.1 Å². The summed E-state index contributed by atoms with van der Waals surface area (Å²) in [5.74, 6) is 1.83. The topological polar surface area (TPSA) is 66.5 Å². The van der Waals surface area contributed by atoms with Crippen molar-refractivity contribution in [2.45, 2.75) is 24.9 Å². The Hall–Kier alpha value is -2.64. The lowest BCUT2D eigenvalue weighted by atomic mass is 10.0. The first-order valence-corrected chi connectivity index (χ1v) is 10.5. The van der Waals surface area contributed by atoms with Crippen LogP contribution in [0.25, 0.3) is 22.3 Å². The van der Waals surface area contributed by atoms with Crippen LogP contribution >= 0.6 is 0 Å². The number of nitrogens with one attached hydrogen (secondary N) is 1. The van der Waals surface area contributed by atoms with E-state index in [2.05, 4.69) is 39.0 Å². The van der Waals surface area contributed by atoms with Crippen LogP contribution in [-0.2, 0) is 9.47 Å². The summed E-state index contributed by atoms with van der Waals surface area (Å²) in [4.78, 5) is 18.2. The molecule has 0 unspecified atom stereocenters. The molecule has 150 valence electrons. The number of morpholine rings is 1. The van der Waals surface area contributed by atoms with Gasteiger partial charge in [0.1, 0.15) is 0 Å². The van der Waals surface area contributed by atoms with Crippen molar-refractivity contribution in [3.8, 4) is 11.4 Å². The SMILES string of the molecule is c1cc(-c2ncc3c(n2)N2CCOC[C@H]2CN3C2CCOCC2)c2cc[nH]c2c1. The van der Waals surface area contributed by atoms with Crippen LogP contribution < -0.4 is 9.80 Å². The fourth-order valence-corrected chi connectivity index (χ4v) is 4.94. The van der Waals surface area contributed by atoms with Gasteiger partial charge in [-0.1, -0.05) is 12.1 Å². The summed E-state index contributed by atoms with van der Waals surface area (Å²) in [5, 5.41) is 1.16. The quantitative estimate of drug-likeness (QED) is 0.725. The van der Waals surface area contributed by atoms with Gasteiger partial charge in [0.05, 0.1) is 31.1 Å². The first-order valence-electron chi connectivity index (χ1n) is 10.5. The third kappa shape index (κ3) is 2.88. The lowest BCUT2D eigenvalue weighted by Crippen LogP contribution is -2.58. The maximum absolute atomic E-state index is 5.81. The van der Waals surface area contributed by atoms with Crippen molar-refractivity contribution >= 4 is 22.4 Å². The maximum atomic E-state index is 5.81. The number of hydrogen-bond donors (Lipinski definition) is 1. The van der Waals surface area contributed by atoms with Gasteiger partial charge in [0, 0.05) is 55.0 Å². The molecule has 0 aliphatic carbocycles. The zero-order chi connectivity index (χ0) is 19.2. The zero-order valence-electron chi connectivity index (χ0n) is 16.4. The van der Waals surface area contributed by atoms with Crippen molar-refractivity contribution in [2.24, 2.45) is 0 Å². The van der Waals surface area contributed by atoms with Gasteiger partial charge in [-0.25, -0.2) is 9.97 Å². The van der Waals surface area contributed by atoms with E-state index in [1.54, 1.807) is 0 Å². The molecule has 3 aliphatic heterocycles. The van der Waals surface area contributed by atoms with Crippen LogP contribution in [0.5, 0.6) is 0 Å². The summed E-state index contributed by atoms with van der Waals surface area (Å²) in [6.45, 7) is 5.01. The van der Waals surface area contributed by atoms with E-state index in [9.17, 15) is 0 Å². The minimum Gasteiger partial charge on any atom is -0.381 e. The number of aromatic nitrogens is 3. The smallest absolute Gasteiger partial charge is 0.162 e. The molecule has 2 saturated heterocycles. The molecule has 1 N–H and O–H groups in total. The molecule has 6 rings (SSSR count). The molecule has 2 fully saturated rings. The molecule has 5 heterocycles. The van der Waals surface area contributed by atoms with Crippen LogP contribution in [0.3, 0.4) is 0 Å². The van der Waals surface area contributed by atoms with Gasteiger partial charge in [0.25, 0.3) is 0 Å². The molecule has 3 aliphatic rings. The predicted octanol–water partition coefficient (Wildman–Crippen LogP) is 2.83. The van der Waals surface area contributed by atoms with Gasteiger partial charge < -0.3 is 24.3 Å². The van der Waals surface area contributed by atoms with Crippen LogP contribution in [0.15, 0.2) is 36.7 Å². The number of aromatic amines is 1. The van der Waals surface area contributed by atoms with Gasteiger partial charge in [-0.05, 0) is 25.0 Å². The zero-order valence-corrected chi connectivity index (χ0v) is 16.4. The second-order valence-corrected chi connectivity index (χ2v) is 8.06. The standard InChI is InChI=1S/C22H25N5O2/c1-2-18(17-4-7-23-19(17)3-1)21-24-12-20-22(25-21)26-8-11-29-14-16(26)13-27(20)15-5-9-28-10-6-15/h1-4,7,12,15-16,23H,5-6,8-11,13-14H2/t16-/m1/s1. The number of fused-ring (bicyclic) bond motifs is 4. The van der Waals surface area contributed by atoms with Gasteiger partial charge >= 0.3 is 0 Å². The third-order valence-electron chi connectivity index (χ3n) is 6.43. The molecule has 7 nitrogen and oxygen atoms in total. The van der Waals surface area contributed by atoms with E-state index in [0.717, 1.165) is 86.2 Å². The van der Waals surface area contributed by atoms with Gasteiger partial charge in [-0.15, -0.1) is 0 Å². The maximum Gasteiger partial charge on any atom is 0.162 e. The second kappa shape index (κ2) is 7.00. The number of hydrogen-bond acceptors (Lipinski definition) is 6. The minimum atomic E-state index is 0.338. The van der Waals surface area contributed by atoms with Crippen LogP contribution in [0, 0.1) is 0 Å². The highest BCUT2D eigenvalue weighted by atomic mass is 16.5. The Labute approximate surface area is 169 Å². The number of benzene rings is 1. The highest BCUT2D eigenvalue weighted by Crippen LogP contribution is 2.39. The normalized spacial score (nSPS) is 22.6. The fourth-order valence-electron chi connectivity index (χ4n) is 4.94. The van der Waals surface area contributed by atoms with Crippen LogP contribution in [-0.4, -0.2) is 66.6 Å². The van der Waals surface area contributed by atoms with Crippen molar-refractivity contribution in [1.82, 2.24) is 15.0 Å². The molecule has 2 aromatic heterocycles. The van der Waals surface area contributed by atoms with E-state index in [1.807, 2.05) is 12.4 Å². The van der Waals surface area contributed by atoms with E-state index < -0.39 is 0 Å². The van der Waals surface area contributed by atoms with Crippen molar-refractivity contribution in [3.63, 3.8) is 0 Å². The van der Waals surface area contributed by atoms with Crippen LogP contribution in [0.1, 0.15) is 12.8 Å². The molecule has 29 heavy (non-hydrogen) atoms. The Bertz CT molecular complexity index is 1030. The Kier molecular flexibility index (Phi) is 4.16. The molecular weight excluding hydrogens is 366 g/mol. The van der Waals surface area contributed by atoms with Crippen molar-refractivity contribution in [2.75, 3.05) is 49.3 Å². The largest absolute Gasteiger partial charge is 0.381 e. The van der Waals surface area contributed by atoms with Crippen molar-refractivity contribution < 1.29 is 9.47 Å². The summed E-state index contributed by atoms with van der Waals surface area (Å²) < 4.78 is 11.4. The Balaban J connectivity index is 1.46. The van der Waals surface area contributed by atoms with Crippen molar-refractivity contribution in [1.29, 1.82) is 0 Å². The Morgan fingerprint density at radius 2 is 1.93 bits per heavy atom. The van der Waals surface area contributed by atoms with Gasteiger partial charge in [-0.3, -0.25) is 0 Å². The summed E-state index contributed by atoms with van der Waals surface area (Å²) in [7, 11) is 0. The Morgan fingerprint density at radius 1 is 1.00 bits per heavy atom. The third-order valence-corrected chi connectivity index (χ3v) is 6.43. The number of ether oxygens (including phenoxy) is 2. The molecule has 3 aromatic rings. The van der Waals surface area contributed by atoms with E-state index in [-0.39, 0.29) is 0 Å². The monoisotopic (exact) mass is 391 g/mol. The highest BCUT2D eigenvalue weighted by Gasteiger charge is 2.37. The van der Waals surface area contributed by atoms with E-state index in [4.69, 9.17) is 19.4 Å². The first kappa shape index (κ1) is 17.2. The van der Waals surface area contributed by atoms with Crippen molar-refractivity contribution in [3.05, 3.63) is 36.7 Å². The lowest BCUT2D eigenvalue weighted by Gasteiger charge is -2.48. The molecule has 0 amide bonds. The summed E-state index contributed by atoms with van der Waals surface area (Å²) >= 11 is 0.